The van der Waals surface area contributed by atoms with Crippen LogP contribution in [0.1, 0.15) is 41.5 Å². The molecule has 0 unspecified atom stereocenters. The van der Waals surface area contributed by atoms with Crippen LogP contribution < -0.4 is 34.5 Å². The average molecular weight is 200 g/mol. The Morgan fingerprint density at radius 2 is 1.08 bits per heavy atom. The van der Waals surface area contributed by atoms with Gasteiger partial charge < -0.3 is 9.46 Å². The van der Waals surface area contributed by atoms with Crippen LogP contribution in [0.2, 0.25) is 0 Å². The summed E-state index contributed by atoms with van der Waals surface area (Å²) in [7, 11) is -3.31. The van der Waals surface area contributed by atoms with Crippen molar-refractivity contribution in [2.45, 2.75) is 51.9 Å². The van der Waals surface area contributed by atoms with Crippen molar-refractivity contribution < 1.29 is 39.0 Å². The second-order valence-corrected chi connectivity index (χ2v) is 8.68. The summed E-state index contributed by atoms with van der Waals surface area (Å²) in [5.41, 5.74) is 0. The van der Waals surface area contributed by atoms with Gasteiger partial charge in [0, 0.05) is 17.7 Å². The number of hydrogen-bond acceptors (Lipinski definition) is 2. The molecular weight excluding hydrogens is 182 g/mol. The van der Waals surface area contributed by atoms with Crippen molar-refractivity contribution in [3.8, 4) is 0 Å². The van der Waals surface area contributed by atoms with E-state index >= 15 is 0 Å². The first-order chi connectivity index (χ1) is 4.50. The van der Waals surface area contributed by atoms with Gasteiger partial charge in [-0.05, 0) is 0 Å². The molecule has 0 aromatic rings. The third kappa shape index (κ3) is 3.16. The monoisotopic (exact) mass is 200 g/mol. The molecule has 0 amide bonds. The molecule has 0 atom stereocenters. The van der Waals surface area contributed by atoms with E-state index < -0.39 is 17.7 Å². The summed E-state index contributed by atoms with van der Waals surface area (Å²) in [6.45, 7) is 10.5. The van der Waals surface area contributed by atoms with Gasteiger partial charge in [-0.2, -0.15) is 0 Å². The first-order valence-electron chi connectivity index (χ1n) is 3.81. The van der Waals surface area contributed by atoms with E-state index in [0.717, 1.165) is 0 Å². The molecule has 2 nitrogen and oxygen atoms in total. The van der Waals surface area contributed by atoms with Crippen molar-refractivity contribution in [2.75, 3.05) is 0 Å². The SMILES string of the molecule is CC(C)(C)P(=O)([O-])C(C)(C)C.[Na+]. The molecule has 0 aromatic carbocycles. The van der Waals surface area contributed by atoms with Crippen LogP contribution in [0.25, 0.3) is 0 Å². The summed E-state index contributed by atoms with van der Waals surface area (Å²) in [6.07, 6.45) is 0. The number of rotatable bonds is 0. The molecule has 0 bridgehead atoms. The Hall–Kier alpha value is 1.19. The van der Waals surface area contributed by atoms with Crippen molar-refractivity contribution in [1.29, 1.82) is 0 Å². The Labute approximate surface area is 97.9 Å². The standard InChI is InChI=1S/C8H19O2P.Na/c1-7(2,3)11(9,10)8(4,5)6;/h1-6H3,(H,9,10);/q;+1/p-1. The van der Waals surface area contributed by atoms with Gasteiger partial charge >= 0.3 is 29.6 Å². The molecule has 0 radical (unpaired) electrons. The van der Waals surface area contributed by atoms with Crippen LogP contribution in [0, 0.1) is 0 Å². The van der Waals surface area contributed by atoms with E-state index in [0.29, 0.717) is 0 Å². The van der Waals surface area contributed by atoms with Gasteiger partial charge in [0.15, 0.2) is 0 Å². The molecule has 0 N–H and O–H groups in total. The molecule has 68 valence electrons. The summed E-state index contributed by atoms with van der Waals surface area (Å²) >= 11 is 0. The van der Waals surface area contributed by atoms with Crippen LogP contribution in [-0.2, 0) is 4.57 Å². The van der Waals surface area contributed by atoms with Crippen molar-refractivity contribution in [3.63, 3.8) is 0 Å². The van der Waals surface area contributed by atoms with Gasteiger partial charge in [0.25, 0.3) is 0 Å². The van der Waals surface area contributed by atoms with Crippen LogP contribution >= 0.6 is 7.37 Å². The Morgan fingerprint density at radius 3 is 1.08 bits per heavy atom. The van der Waals surface area contributed by atoms with Crippen LogP contribution in [-0.4, -0.2) is 10.3 Å². The first kappa shape index (κ1) is 15.7. The molecule has 0 saturated heterocycles. The number of hydrogen-bond donors (Lipinski definition) is 0. The molecule has 0 rings (SSSR count). The largest absolute Gasteiger partial charge is 1.00 e. The Kier molecular flexibility index (Phi) is 5.41. The van der Waals surface area contributed by atoms with E-state index in [9.17, 15) is 9.46 Å². The summed E-state index contributed by atoms with van der Waals surface area (Å²) in [6, 6.07) is 0. The van der Waals surface area contributed by atoms with Crippen LogP contribution in [0.5, 0.6) is 0 Å². The van der Waals surface area contributed by atoms with Crippen molar-refractivity contribution in [2.24, 2.45) is 0 Å². The Morgan fingerprint density at radius 1 is 0.917 bits per heavy atom. The molecule has 0 heterocycles. The van der Waals surface area contributed by atoms with E-state index in [2.05, 4.69) is 0 Å². The van der Waals surface area contributed by atoms with Crippen molar-refractivity contribution in [3.05, 3.63) is 0 Å². The predicted octanol–water partition coefficient (Wildman–Crippen LogP) is -0.774. The van der Waals surface area contributed by atoms with Crippen LogP contribution in [0.3, 0.4) is 0 Å². The molecule has 0 fully saturated rings. The Balaban J connectivity index is 0. The summed E-state index contributed by atoms with van der Waals surface area (Å²) in [4.78, 5) is 11.7. The fraction of sp³-hybridized carbons (Fsp3) is 1.00. The van der Waals surface area contributed by atoms with E-state index in [1.54, 1.807) is 41.5 Å². The van der Waals surface area contributed by atoms with E-state index in [-0.39, 0.29) is 29.6 Å². The van der Waals surface area contributed by atoms with Gasteiger partial charge in [0.05, 0.1) is 0 Å². The minimum atomic E-state index is -3.31. The second kappa shape index (κ2) is 4.14. The van der Waals surface area contributed by atoms with E-state index in [4.69, 9.17) is 0 Å². The van der Waals surface area contributed by atoms with Crippen LogP contribution in [0.4, 0.5) is 0 Å². The molecule has 0 aromatic heterocycles. The summed E-state index contributed by atoms with van der Waals surface area (Å²) in [5.74, 6) is 0. The first-order valence-corrected chi connectivity index (χ1v) is 5.44. The fourth-order valence-electron chi connectivity index (χ4n) is 1.01. The second-order valence-electron chi connectivity index (χ2n) is 4.89. The van der Waals surface area contributed by atoms with Gasteiger partial charge in [-0.3, -0.25) is 0 Å². The van der Waals surface area contributed by atoms with Crippen LogP contribution in [0.15, 0.2) is 0 Å². The maximum atomic E-state index is 11.7. The quantitative estimate of drug-likeness (QED) is 0.380. The minimum Gasteiger partial charge on any atom is -0.799 e. The van der Waals surface area contributed by atoms with Gasteiger partial charge in [0.2, 0.25) is 0 Å². The maximum absolute atomic E-state index is 11.7. The maximum Gasteiger partial charge on any atom is 1.00 e. The average Bonchev–Trinajstić information content (AvgIpc) is 1.58. The molecule has 0 aliphatic carbocycles. The van der Waals surface area contributed by atoms with Gasteiger partial charge in [-0.25, -0.2) is 0 Å². The van der Waals surface area contributed by atoms with E-state index in [1.807, 2.05) is 0 Å². The summed E-state index contributed by atoms with van der Waals surface area (Å²) in [5, 5.41) is -1.24. The van der Waals surface area contributed by atoms with E-state index in [1.165, 1.54) is 0 Å². The third-order valence-corrected chi connectivity index (χ3v) is 5.30. The normalized spacial score (nSPS) is 13.9. The third-order valence-electron chi connectivity index (χ3n) is 1.77. The molecule has 0 aliphatic rings. The molecule has 12 heavy (non-hydrogen) atoms. The smallest absolute Gasteiger partial charge is 0.799 e. The fourth-order valence-corrected chi connectivity index (χ4v) is 3.02. The minimum absolute atomic E-state index is 0. The van der Waals surface area contributed by atoms with Gasteiger partial charge in [-0.15, -0.1) is 0 Å². The predicted molar refractivity (Wildman–Crippen MR) is 47.1 cm³/mol. The molecule has 4 heteroatoms. The molecule has 0 saturated carbocycles. The van der Waals surface area contributed by atoms with Crippen molar-refractivity contribution in [1.82, 2.24) is 0 Å². The molecular formula is C8H18NaO2P. The van der Waals surface area contributed by atoms with Gasteiger partial charge in [-0.1, -0.05) is 41.5 Å². The summed E-state index contributed by atoms with van der Waals surface area (Å²) < 4.78 is 11.7. The Bertz CT molecular complexity index is 170. The van der Waals surface area contributed by atoms with Crippen molar-refractivity contribution >= 4 is 7.37 Å². The zero-order valence-electron chi connectivity index (χ0n) is 9.26. The van der Waals surface area contributed by atoms with Gasteiger partial charge in [0.1, 0.15) is 0 Å². The zero-order chi connectivity index (χ0) is 9.50. The molecule has 0 spiro atoms. The molecule has 0 aliphatic heterocycles. The topological polar surface area (TPSA) is 40.1 Å². The zero-order valence-corrected chi connectivity index (χ0v) is 12.2.